The molecule has 0 bridgehead atoms. The van der Waals surface area contributed by atoms with E-state index in [2.05, 4.69) is 26.9 Å². The molecule has 12 heteroatoms. The monoisotopic (exact) mass is 592 g/mol. The number of rotatable bonds is 7. The number of anilines is 1. The maximum absolute atomic E-state index is 12.5. The van der Waals surface area contributed by atoms with E-state index in [-0.39, 0.29) is 6.09 Å². The van der Waals surface area contributed by atoms with Crippen LogP contribution in [0.1, 0.15) is 10.4 Å². The number of H-pyrrole nitrogens is 1. The lowest BCUT2D eigenvalue weighted by Crippen LogP contribution is -2.49. The molecule has 2 saturated heterocycles. The summed E-state index contributed by atoms with van der Waals surface area (Å²) in [5, 5.41) is 1.35. The van der Waals surface area contributed by atoms with Gasteiger partial charge in [0.25, 0.3) is 5.91 Å². The number of pyridine rings is 1. The second-order valence-electron chi connectivity index (χ2n) is 10.4. The van der Waals surface area contributed by atoms with Gasteiger partial charge in [0.05, 0.1) is 53.2 Å². The zero-order valence-corrected chi connectivity index (χ0v) is 24.2. The number of primary amides is 1. The molecular weight excluding hydrogens is 560 g/mol. The van der Waals surface area contributed by atoms with Crippen molar-refractivity contribution >= 4 is 51.2 Å². The number of benzene rings is 2. The molecule has 2 aromatic heterocycles. The highest BCUT2D eigenvalue weighted by atomic mass is 35.5. The first kappa shape index (κ1) is 28.1. The van der Waals surface area contributed by atoms with E-state index in [1.165, 1.54) is 7.11 Å². The highest BCUT2D eigenvalue weighted by molar-refractivity contribution is 6.32. The van der Waals surface area contributed by atoms with Crippen LogP contribution in [0.2, 0.25) is 5.02 Å². The Morgan fingerprint density at radius 3 is 2.55 bits per heavy atom. The number of carbonyl (C=O) groups is 2. The van der Waals surface area contributed by atoms with Gasteiger partial charge in [-0.3, -0.25) is 9.69 Å². The molecule has 4 heterocycles. The van der Waals surface area contributed by atoms with Gasteiger partial charge in [-0.25, -0.2) is 9.78 Å². The summed E-state index contributed by atoms with van der Waals surface area (Å²) in [5.74, 6) is 0.0228. The van der Waals surface area contributed by atoms with E-state index in [0.29, 0.717) is 72.5 Å². The van der Waals surface area contributed by atoms with E-state index in [9.17, 15) is 9.59 Å². The summed E-state index contributed by atoms with van der Waals surface area (Å²) < 4.78 is 16.3. The van der Waals surface area contributed by atoms with Gasteiger partial charge in [0, 0.05) is 62.5 Å². The number of nitrogens with one attached hydrogen (secondary N) is 1. The predicted molar refractivity (Wildman–Crippen MR) is 162 cm³/mol. The van der Waals surface area contributed by atoms with Crippen molar-refractivity contribution in [2.75, 3.05) is 77.6 Å². The van der Waals surface area contributed by atoms with Gasteiger partial charge in [-0.1, -0.05) is 11.6 Å². The molecule has 0 atom stereocenters. The standard InChI is InChI=1S/C30H33ClN6O5/c1-40-30(39)37-8-6-35(7-9-37)10-15-42-26-5-2-19(16-23(26)31)24-18-22(29(32)38)28-27(33-24)21-4-3-20(17-25(21)34-28)36-11-13-41-14-12-36/h2-5,16-18,34H,6-15H2,1H3,(H2,32,38). The fraction of sp³-hybridized carbons (Fsp3) is 0.367. The Hall–Kier alpha value is -4.06. The zero-order chi connectivity index (χ0) is 29.2. The third-order valence-electron chi connectivity index (χ3n) is 7.88. The van der Waals surface area contributed by atoms with E-state index in [0.717, 1.165) is 48.3 Å². The highest BCUT2D eigenvalue weighted by Gasteiger charge is 2.22. The van der Waals surface area contributed by atoms with Crippen LogP contribution in [0.3, 0.4) is 0 Å². The molecule has 0 saturated carbocycles. The first-order chi connectivity index (χ1) is 20.4. The van der Waals surface area contributed by atoms with Gasteiger partial charge >= 0.3 is 6.09 Å². The quantitative estimate of drug-likeness (QED) is 0.332. The number of aromatic nitrogens is 2. The molecule has 2 fully saturated rings. The summed E-state index contributed by atoms with van der Waals surface area (Å²) in [5.41, 5.74) is 10.8. The van der Waals surface area contributed by atoms with Crippen molar-refractivity contribution < 1.29 is 23.8 Å². The SMILES string of the molecule is COC(=O)N1CCN(CCOc2ccc(-c3cc(C(N)=O)c4[nH]c5cc(N6CCOCC6)ccc5c4n3)cc2Cl)CC1. The Bertz CT molecular complexity index is 1630. The first-order valence-electron chi connectivity index (χ1n) is 14.0. The van der Waals surface area contributed by atoms with E-state index < -0.39 is 5.91 Å². The minimum absolute atomic E-state index is 0.294. The summed E-state index contributed by atoms with van der Waals surface area (Å²) in [6.07, 6.45) is -0.294. The minimum atomic E-state index is -0.540. The van der Waals surface area contributed by atoms with Crippen LogP contribution in [0, 0.1) is 0 Å². The van der Waals surface area contributed by atoms with Crippen molar-refractivity contribution in [3.63, 3.8) is 0 Å². The third-order valence-corrected chi connectivity index (χ3v) is 8.17. The zero-order valence-electron chi connectivity index (χ0n) is 23.4. The number of carbonyl (C=O) groups excluding carboxylic acids is 2. The molecule has 11 nitrogen and oxygen atoms in total. The topological polar surface area (TPSA) is 126 Å². The number of nitrogens with two attached hydrogens (primary N) is 1. The van der Waals surface area contributed by atoms with Crippen molar-refractivity contribution in [2.45, 2.75) is 0 Å². The van der Waals surface area contributed by atoms with Gasteiger partial charge < -0.3 is 34.7 Å². The van der Waals surface area contributed by atoms with E-state index in [1.54, 1.807) is 17.0 Å². The van der Waals surface area contributed by atoms with Gasteiger partial charge in [-0.05, 0) is 42.5 Å². The molecule has 2 aromatic carbocycles. The summed E-state index contributed by atoms with van der Waals surface area (Å²) in [7, 11) is 1.40. The van der Waals surface area contributed by atoms with Crippen LogP contribution in [0.4, 0.5) is 10.5 Å². The van der Waals surface area contributed by atoms with Gasteiger partial charge in [-0.2, -0.15) is 0 Å². The number of methoxy groups -OCH3 is 1. The second-order valence-corrected chi connectivity index (χ2v) is 10.8. The average molecular weight is 593 g/mol. The lowest BCUT2D eigenvalue weighted by molar-refractivity contribution is 0.0859. The first-order valence-corrected chi connectivity index (χ1v) is 14.4. The number of morpholine rings is 1. The number of halogens is 1. The molecule has 3 N–H and O–H groups in total. The normalized spacial score (nSPS) is 16.2. The number of fused-ring (bicyclic) bond motifs is 3. The third kappa shape index (κ3) is 5.67. The van der Waals surface area contributed by atoms with Crippen LogP contribution in [-0.2, 0) is 9.47 Å². The van der Waals surface area contributed by atoms with Crippen LogP contribution < -0.4 is 15.4 Å². The minimum Gasteiger partial charge on any atom is -0.491 e. The number of nitrogens with zero attached hydrogens (tertiary/aromatic N) is 4. The molecule has 0 radical (unpaired) electrons. The fourth-order valence-electron chi connectivity index (χ4n) is 5.55. The Morgan fingerprint density at radius 2 is 1.83 bits per heavy atom. The number of amides is 2. The molecule has 0 unspecified atom stereocenters. The Balaban J connectivity index is 1.20. The number of ether oxygens (including phenoxy) is 3. The van der Waals surface area contributed by atoms with E-state index in [1.807, 2.05) is 18.2 Å². The van der Waals surface area contributed by atoms with Crippen LogP contribution in [0.15, 0.2) is 42.5 Å². The Labute approximate surface area is 248 Å². The lowest BCUT2D eigenvalue weighted by Gasteiger charge is -2.33. The molecule has 2 amide bonds. The van der Waals surface area contributed by atoms with Crippen molar-refractivity contribution in [1.82, 2.24) is 19.8 Å². The molecule has 6 rings (SSSR count). The number of aromatic amines is 1. The number of piperazine rings is 1. The molecule has 2 aliphatic rings. The fourth-order valence-corrected chi connectivity index (χ4v) is 5.78. The number of hydrogen-bond donors (Lipinski definition) is 2. The number of hydrogen-bond acceptors (Lipinski definition) is 8. The van der Waals surface area contributed by atoms with Gasteiger partial charge in [0.1, 0.15) is 12.4 Å². The van der Waals surface area contributed by atoms with Gasteiger partial charge in [0.15, 0.2) is 0 Å². The molecule has 42 heavy (non-hydrogen) atoms. The second kappa shape index (κ2) is 12.0. The van der Waals surface area contributed by atoms with Gasteiger partial charge in [-0.15, -0.1) is 0 Å². The van der Waals surface area contributed by atoms with Crippen molar-refractivity contribution in [3.05, 3.63) is 53.1 Å². The van der Waals surface area contributed by atoms with E-state index >= 15 is 0 Å². The summed E-state index contributed by atoms with van der Waals surface area (Å²) in [6, 6.07) is 13.3. The Kier molecular flexibility index (Phi) is 8.05. The molecule has 220 valence electrons. The van der Waals surface area contributed by atoms with Crippen LogP contribution in [0.5, 0.6) is 5.75 Å². The molecule has 4 aromatic rings. The highest BCUT2D eigenvalue weighted by Crippen LogP contribution is 2.34. The van der Waals surface area contributed by atoms with Gasteiger partial charge in [0.2, 0.25) is 0 Å². The van der Waals surface area contributed by atoms with Crippen LogP contribution in [-0.4, -0.2) is 105 Å². The summed E-state index contributed by atoms with van der Waals surface area (Å²) in [6.45, 7) is 6.97. The van der Waals surface area contributed by atoms with Crippen LogP contribution in [0.25, 0.3) is 33.2 Å². The van der Waals surface area contributed by atoms with Crippen molar-refractivity contribution in [1.29, 1.82) is 0 Å². The summed E-state index contributed by atoms with van der Waals surface area (Å²) in [4.78, 5) is 38.7. The smallest absolute Gasteiger partial charge is 0.409 e. The molecule has 0 aliphatic carbocycles. The van der Waals surface area contributed by atoms with Crippen molar-refractivity contribution in [3.8, 4) is 17.0 Å². The molecular formula is C30H33ClN6O5. The maximum atomic E-state index is 12.5. The van der Waals surface area contributed by atoms with Crippen LogP contribution >= 0.6 is 11.6 Å². The predicted octanol–water partition coefficient (Wildman–Crippen LogP) is 3.73. The molecule has 2 aliphatic heterocycles. The average Bonchev–Trinajstić information content (AvgIpc) is 3.39. The maximum Gasteiger partial charge on any atom is 0.409 e. The van der Waals surface area contributed by atoms with E-state index in [4.69, 9.17) is 36.5 Å². The lowest BCUT2D eigenvalue weighted by atomic mass is 10.1. The Morgan fingerprint density at radius 1 is 1.05 bits per heavy atom. The molecule has 0 spiro atoms. The summed E-state index contributed by atoms with van der Waals surface area (Å²) >= 11 is 6.62. The van der Waals surface area contributed by atoms with Crippen molar-refractivity contribution in [2.24, 2.45) is 5.73 Å². The largest absolute Gasteiger partial charge is 0.491 e.